The average molecular weight is 216 g/mol. The molecule has 0 aromatic heterocycles. The first-order valence-corrected chi connectivity index (χ1v) is 5.21. The molecule has 2 aromatic carbocycles. The first kappa shape index (κ1) is 9.48. The van der Waals surface area contributed by atoms with E-state index in [1.165, 1.54) is 0 Å². The molecule has 16 heavy (non-hydrogen) atoms. The molecule has 3 nitrogen and oxygen atoms in total. The summed E-state index contributed by atoms with van der Waals surface area (Å²) in [4.78, 5) is 0. The van der Waals surface area contributed by atoms with Gasteiger partial charge in [-0.2, -0.15) is 0 Å². The van der Waals surface area contributed by atoms with Crippen LogP contribution in [0.4, 0.5) is 0 Å². The lowest BCUT2D eigenvalue weighted by atomic mass is 10.1. The van der Waals surface area contributed by atoms with Gasteiger partial charge < -0.3 is 14.2 Å². The van der Waals surface area contributed by atoms with Gasteiger partial charge in [0.25, 0.3) is 0 Å². The molecule has 3 rings (SSSR count). The molecule has 0 spiro atoms. The van der Waals surface area contributed by atoms with E-state index in [0.29, 0.717) is 6.61 Å². The van der Waals surface area contributed by atoms with Gasteiger partial charge in [-0.1, -0.05) is 12.1 Å². The van der Waals surface area contributed by atoms with Crippen molar-refractivity contribution >= 4 is 10.8 Å². The Hall–Kier alpha value is -1.74. The summed E-state index contributed by atoms with van der Waals surface area (Å²) in [6.07, 6.45) is -0.0456. The molecule has 0 amide bonds. The van der Waals surface area contributed by atoms with E-state index >= 15 is 0 Å². The number of ether oxygens (including phenoxy) is 3. The van der Waals surface area contributed by atoms with E-state index in [1.54, 1.807) is 7.11 Å². The van der Waals surface area contributed by atoms with E-state index in [-0.39, 0.29) is 6.29 Å². The zero-order valence-electron chi connectivity index (χ0n) is 8.97. The first-order valence-electron chi connectivity index (χ1n) is 5.21. The normalized spacial score (nSPS) is 18.4. The Morgan fingerprint density at radius 3 is 2.31 bits per heavy atom. The zero-order valence-corrected chi connectivity index (χ0v) is 8.97. The molecule has 3 heteroatoms. The minimum absolute atomic E-state index is 0.0456. The molecule has 0 N–H and O–H groups in total. The van der Waals surface area contributed by atoms with E-state index in [4.69, 9.17) is 14.2 Å². The van der Waals surface area contributed by atoms with E-state index in [1.807, 2.05) is 36.4 Å². The molecule has 1 fully saturated rings. The maximum Gasteiger partial charge on any atom is 0.223 e. The molecule has 1 heterocycles. The van der Waals surface area contributed by atoms with Crippen molar-refractivity contribution < 1.29 is 14.2 Å². The van der Waals surface area contributed by atoms with Gasteiger partial charge in [-0.15, -0.1) is 0 Å². The highest BCUT2D eigenvalue weighted by Gasteiger charge is 2.24. The van der Waals surface area contributed by atoms with Gasteiger partial charge in [-0.05, 0) is 35.0 Å². The number of fused-ring (bicyclic) bond motifs is 1. The molecular formula is C13H12O3. The van der Waals surface area contributed by atoms with E-state index in [0.717, 1.165) is 22.3 Å². The molecule has 1 saturated heterocycles. The van der Waals surface area contributed by atoms with E-state index in [9.17, 15) is 0 Å². The highest BCUT2D eigenvalue weighted by molar-refractivity contribution is 5.85. The van der Waals surface area contributed by atoms with Crippen molar-refractivity contribution in [2.24, 2.45) is 0 Å². The van der Waals surface area contributed by atoms with Gasteiger partial charge in [0.1, 0.15) is 18.1 Å². The van der Waals surface area contributed by atoms with Crippen LogP contribution in [0, 0.1) is 0 Å². The smallest absolute Gasteiger partial charge is 0.223 e. The third-order valence-corrected chi connectivity index (χ3v) is 2.59. The molecular weight excluding hydrogens is 204 g/mol. The van der Waals surface area contributed by atoms with Crippen LogP contribution in [0.1, 0.15) is 0 Å². The molecule has 0 radical (unpaired) electrons. The van der Waals surface area contributed by atoms with Crippen LogP contribution in [0.2, 0.25) is 0 Å². The molecule has 2 aromatic rings. The summed E-state index contributed by atoms with van der Waals surface area (Å²) in [5.74, 6) is 1.71. The van der Waals surface area contributed by atoms with Gasteiger partial charge in [0.05, 0.1) is 7.11 Å². The third kappa shape index (κ3) is 1.82. The Morgan fingerprint density at radius 2 is 1.69 bits per heavy atom. The van der Waals surface area contributed by atoms with Crippen molar-refractivity contribution in [3.8, 4) is 11.5 Å². The predicted molar refractivity (Wildman–Crippen MR) is 60.9 cm³/mol. The Kier molecular flexibility index (Phi) is 2.18. The summed E-state index contributed by atoms with van der Waals surface area (Å²) in [6.45, 7) is 0.695. The monoisotopic (exact) mass is 216 g/mol. The fraction of sp³-hybridized carbons (Fsp3) is 0.231. The second-order valence-electron chi connectivity index (χ2n) is 3.76. The van der Waals surface area contributed by atoms with Gasteiger partial charge in [-0.3, -0.25) is 0 Å². The highest BCUT2D eigenvalue weighted by Crippen LogP contribution is 2.26. The molecule has 0 bridgehead atoms. The summed E-state index contributed by atoms with van der Waals surface area (Å²) in [7, 11) is 1.67. The van der Waals surface area contributed by atoms with Gasteiger partial charge in [0.2, 0.25) is 6.29 Å². The molecule has 1 atom stereocenters. The number of hydrogen-bond donors (Lipinski definition) is 0. The molecule has 1 aliphatic rings. The standard InChI is InChI=1S/C13H12O3/c1-14-11-4-2-10-7-12(16-13-8-15-13)5-3-9(10)6-11/h2-7,13H,8H2,1H3/t13-/m0/s1. The molecule has 0 aliphatic carbocycles. The minimum atomic E-state index is -0.0456. The number of rotatable bonds is 3. The summed E-state index contributed by atoms with van der Waals surface area (Å²) >= 11 is 0. The summed E-state index contributed by atoms with van der Waals surface area (Å²) < 4.78 is 15.7. The quantitative estimate of drug-likeness (QED) is 0.739. The summed E-state index contributed by atoms with van der Waals surface area (Å²) in [5.41, 5.74) is 0. The number of methoxy groups -OCH3 is 1. The Morgan fingerprint density at radius 1 is 1.06 bits per heavy atom. The summed E-state index contributed by atoms with van der Waals surface area (Å²) in [5, 5.41) is 2.28. The number of benzene rings is 2. The van der Waals surface area contributed by atoms with Crippen LogP contribution in [0.25, 0.3) is 10.8 Å². The lowest BCUT2D eigenvalue weighted by Gasteiger charge is -2.05. The zero-order chi connectivity index (χ0) is 11.0. The van der Waals surface area contributed by atoms with Gasteiger partial charge >= 0.3 is 0 Å². The maximum atomic E-state index is 5.54. The van der Waals surface area contributed by atoms with Crippen LogP contribution in [0.5, 0.6) is 11.5 Å². The average Bonchev–Trinajstić information content (AvgIpc) is 3.12. The summed E-state index contributed by atoms with van der Waals surface area (Å²) in [6, 6.07) is 12.0. The van der Waals surface area contributed by atoms with E-state index in [2.05, 4.69) is 0 Å². The largest absolute Gasteiger partial charge is 0.497 e. The topological polar surface area (TPSA) is 31.0 Å². The molecule has 0 saturated carbocycles. The van der Waals surface area contributed by atoms with Crippen molar-refractivity contribution in [3.63, 3.8) is 0 Å². The maximum absolute atomic E-state index is 5.54. The van der Waals surface area contributed by atoms with E-state index < -0.39 is 0 Å². The van der Waals surface area contributed by atoms with Crippen molar-refractivity contribution in [1.82, 2.24) is 0 Å². The van der Waals surface area contributed by atoms with Crippen molar-refractivity contribution in [2.45, 2.75) is 6.29 Å². The second kappa shape index (κ2) is 3.68. The van der Waals surface area contributed by atoms with Crippen LogP contribution >= 0.6 is 0 Å². The third-order valence-electron chi connectivity index (χ3n) is 2.59. The van der Waals surface area contributed by atoms with Crippen LogP contribution in [-0.4, -0.2) is 20.0 Å². The Bertz CT molecular complexity index is 518. The lowest BCUT2D eigenvalue weighted by molar-refractivity contribution is 0.179. The number of hydrogen-bond acceptors (Lipinski definition) is 3. The van der Waals surface area contributed by atoms with Gasteiger partial charge in [-0.25, -0.2) is 0 Å². The van der Waals surface area contributed by atoms with Crippen LogP contribution in [-0.2, 0) is 4.74 Å². The minimum Gasteiger partial charge on any atom is -0.497 e. The van der Waals surface area contributed by atoms with Crippen molar-refractivity contribution in [2.75, 3.05) is 13.7 Å². The van der Waals surface area contributed by atoms with Gasteiger partial charge in [0.15, 0.2) is 0 Å². The fourth-order valence-corrected chi connectivity index (χ4v) is 1.66. The van der Waals surface area contributed by atoms with Crippen LogP contribution < -0.4 is 9.47 Å². The highest BCUT2D eigenvalue weighted by atomic mass is 16.8. The Balaban J connectivity index is 1.97. The fourth-order valence-electron chi connectivity index (χ4n) is 1.66. The second-order valence-corrected chi connectivity index (χ2v) is 3.76. The van der Waals surface area contributed by atoms with Crippen molar-refractivity contribution in [1.29, 1.82) is 0 Å². The van der Waals surface area contributed by atoms with Crippen molar-refractivity contribution in [3.05, 3.63) is 36.4 Å². The molecule has 82 valence electrons. The first-order chi connectivity index (χ1) is 7.85. The van der Waals surface area contributed by atoms with Gasteiger partial charge in [0, 0.05) is 0 Å². The van der Waals surface area contributed by atoms with Crippen LogP contribution in [0.3, 0.4) is 0 Å². The van der Waals surface area contributed by atoms with Crippen LogP contribution in [0.15, 0.2) is 36.4 Å². The number of epoxide rings is 1. The SMILES string of the molecule is COc1ccc2cc(O[C@H]3CO3)ccc2c1. The molecule has 1 aliphatic heterocycles. The molecule has 0 unspecified atom stereocenters. The predicted octanol–water partition coefficient (Wildman–Crippen LogP) is 2.58. The Labute approximate surface area is 93.5 Å². The lowest BCUT2D eigenvalue weighted by Crippen LogP contribution is -1.97.